The molecule has 0 spiro atoms. The number of methoxy groups -OCH3 is 2. The molecule has 0 fully saturated rings. The van der Waals surface area contributed by atoms with Crippen molar-refractivity contribution < 1.29 is 24.1 Å². The molecular formula is C10H12O5. The van der Waals surface area contributed by atoms with E-state index in [1.807, 2.05) is 0 Å². The Morgan fingerprint density at radius 1 is 1.33 bits per heavy atom. The van der Waals surface area contributed by atoms with Gasteiger partial charge in [0.15, 0.2) is 0 Å². The minimum Gasteiger partial charge on any atom is -0.497 e. The van der Waals surface area contributed by atoms with Crippen molar-refractivity contribution in [3.63, 3.8) is 0 Å². The molecule has 0 aliphatic heterocycles. The van der Waals surface area contributed by atoms with Gasteiger partial charge in [0.2, 0.25) is 0 Å². The zero-order chi connectivity index (χ0) is 11.3. The lowest BCUT2D eigenvalue weighted by atomic mass is 10.3. The minimum atomic E-state index is -1.31. The fourth-order valence-electron chi connectivity index (χ4n) is 0.997. The Bertz CT molecular complexity index is 336. The van der Waals surface area contributed by atoms with E-state index in [0.29, 0.717) is 11.5 Å². The number of aliphatic carboxylic acids is 1. The molecule has 1 N–H and O–H groups in total. The third kappa shape index (κ3) is 3.14. The molecule has 1 unspecified atom stereocenters. The Labute approximate surface area is 87.2 Å². The normalized spacial score (nSPS) is 11.9. The Hall–Kier alpha value is -1.75. The highest BCUT2D eigenvalue weighted by atomic mass is 16.7. The topological polar surface area (TPSA) is 65.0 Å². The first-order chi connectivity index (χ1) is 7.17. The van der Waals surface area contributed by atoms with Gasteiger partial charge in [0.1, 0.15) is 11.5 Å². The average molecular weight is 212 g/mol. The largest absolute Gasteiger partial charge is 0.497 e. The Balaban J connectivity index is 2.74. The molecule has 0 aliphatic carbocycles. The monoisotopic (exact) mass is 212 g/mol. The number of rotatable bonds is 5. The number of hydrogen-bond donors (Lipinski definition) is 1. The predicted molar refractivity (Wildman–Crippen MR) is 52.1 cm³/mol. The highest BCUT2D eigenvalue weighted by Gasteiger charge is 2.18. The van der Waals surface area contributed by atoms with Crippen molar-refractivity contribution in [1.82, 2.24) is 0 Å². The van der Waals surface area contributed by atoms with Gasteiger partial charge in [-0.25, -0.2) is 4.79 Å². The second kappa shape index (κ2) is 5.21. The number of ether oxygens (including phenoxy) is 3. The van der Waals surface area contributed by atoms with E-state index in [0.717, 1.165) is 0 Å². The van der Waals surface area contributed by atoms with E-state index in [1.165, 1.54) is 14.2 Å². The molecule has 1 aromatic carbocycles. The number of carboxylic acids is 1. The van der Waals surface area contributed by atoms with Gasteiger partial charge in [-0.2, -0.15) is 0 Å². The van der Waals surface area contributed by atoms with E-state index in [2.05, 4.69) is 4.74 Å². The summed E-state index contributed by atoms with van der Waals surface area (Å²) in [5, 5.41) is 8.68. The second-order valence-electron chi connectivity index (χ2n) is 2.70. The van der Waals surface area contributed by atoms with Gasteiger partial charge in [-0.15, -0.1) is 0 Å². The second-order valence-corrected chi connectivity index (χ2v) is 2.70. The first-order valence-electron chi connectivity index (χ1n) is 4.23. The van der Waals surface area contributed by atoms with Crippen LogP contribution in [0.3, 0.4) is 0 Å². The van der Waals surface area contributed by atoms with Crippen LogP contribution in [0.2, 0.25) is 0 Å². The molecule has 0 saturated heterocycles. The third-order valence-corrected chi connectivity index (χ3v) is 1.70. The molecule has 0 saturated carbocycles. The molecule has 0 heterocycles. The molecule has 1 atom stereocenters. The summed E-state index contributed by atoms with van der Waals surface area (Å²) >= 11 is 0. The quantitative estimate of drug-likeness (QED) is 0.741. The Morgan fingerprint density at radius 2 is 2.00 bits per heavy atom. The van der Waals surface area contributed by atoms with Gasteiger partial charge in [0.25, 0.3) is 6.29 Å². The highest BCUT2D eigenvalue weighted by molar-refractivity contribution is 5.71. The van der Waals surface area contributed by atoms with Gasteiger partial charge in [0.05, 0.1) is 7.11 Å². The summed E-state index contributed by atoms with van der Waals surface area (Å²) in [6, 6.07) is 6.63. The Morgan fingerprint density at radius 3 is 2.53 bits per heavy atom. The van der Waals surface area contributed by atoms with Gasteiger partial charge < -0.3 is 19.3 Å². The molecule has 15 heavy (non-hydrogen) atoms. The summed E-state index contributed by atoms with van der Waals surface area (Å²) in [5.41, 5.74) is 0. The average Bonchev–Trinajstić information content (AvgIpc) is 2.25. The fraction of sp³-hybridized carbons (Fsp3) is 0.300. The maximum Gasteiger partial charge on any atom is 0.373 e. The van der Waals surface area contributed by atoms with Crippen molar-refractivity contribution in [3.05, 3.63) is 24.3 Å². The van der Waals surface area contributed by atoms with E-state index in [9.17, 15) is 4.79 Å². The molecule has 0 aliphatic rings. The van der Waals surface area contributed by atoms with Crippen LogP contribution in [-0.2, 0) is 9.53 Å². The van der Waals surface area contributed by atoms with Crippen molar-refractivity contribution in [2.24, 2.45) is 0 Å². The molecule has 0 radical (unpaired) electrons. The molecule has 5 nitrogen and oxygen atoms in total. The van der Waals surface area contributed by atoms with Crippen LogP contribution in [0.4, 0.5) is 0 Å². The van der Waals surface area contributed by atoms with Crippen LogP contribution in [0.25, 0.3) is 0 Å². The summed E-state index contributed by atoms with van der Waals surface area (Å²) in [4.78, 5) is 10.6. The molecule has 0 amide bonds. The lowest BCUT2D eigenvalue weighted by Gasteiger charge is -2.13. The van der Waals surface area contributed by atoms with Gasteiger partial charge in [0, 0.05) is 13.2 Å². The molecule has 82 valence electrons. The van der Waals surface area contributed by atoms with E-state index < -0.39 is 12.3 Å². The zero-order valence-electron chi connectivity index (χ0n) is 8.47. The van der Waals surface area contributed by atoms with Gasteiger partial charge in [-0.3, -0.25) is 0 Å². The van der Waals surface area contributed by atoms with Crippen molar-refractivity contribution in [2.75, 3.05) is 14.2 Å². The molecule has 0 aromatic heterocycles. The van der Waals surface area contributed by atoms with Gasteiger partial charge in [-0.1, -0.05) is 6.07 Å². The summed E-state index contributed by atoms with van der Waals surface area (Å²) < 4.78 is 14.7. The highest BCUT2D eigenvalue weighted by Crippen LogP contribution is 2.20. The summed E-state index contributed by atoms with van der Waals surface area (Å²) in [5.74, 6) is -0.211. The van der Waals surface area contributed by atoms with Crippen LogP contribution in [0, 0.1) is 0 Å². The Kier molecular flexibility index (Phi) is 3.93. The summed E-state index contributed by atoms with van der Waals surface area (Å²) in [6.07, 6.45) is -1.31. The maximum atomic E-state index is 10.6. The van der Waals surface area contributed by atoms with Gasteiger partial charge >= 0.3 is 5.97 Å². The lowest BCUT2D eigenvalue weighted by Crippen LogP contribution is -2.28. The van der Waals surface area contributed by atoms with E-state index >= 15 is 0 Å². The van der Waals surface area contributed by atoms with Crippen LogP contribution < -0.4 is 9.47 Å². The minimum absolute atomic E-state index is 0.378. The smallest absolute Gasteiger partial charge is 0.373 e. The molecular weight excluding hydrogens is 200 g/mol. The van der Waals surface area contributed by atoms with Gasteiger partial charge in [-0.05, 0) is 12.1 Å². The number of carbonyl (C=O) groups is 1. The summed E-state index contributed by atoms with van der Waals surface area (Å²) in [6.45, 7) is 0. The van der Waals surface area contributed by atoms with E-state index in [-0.39, 0.29) is 0 Å². The van der Waals surface area contributed by atoms with Crippen LogP contribution in [0.1, 0.15) is 0 Å². The molecule has 1 aromatic rings. The van der Waals surface area contributed by atoms with Crippen molar-refractivity contribution in [3.8, 4) is 11.5 Å². The van der Waals surface area contributed by atoms with Crippen molar-refractivity contribution >= 4 is 5.97 Å². The zero-order valence-corrected chi connectivity index (χ0v) is 8.47. The number of carboxylic acid groups (broad SMARTS) is 1. The van der Waals surface area contributed by atoms with E-state index in [1.54, 1.807) is 24.3 Å². The molecule has 1 rings (SSSR count). The number of benzene rings is 1. The fourth-order valence-corrected chi connectivity index (χ4v) is 0.997. The van der Waals surface area contributed by atoms with Crippen LogP contribution >= 0.6 is 0 Å². The SMILES string of the molecule is COc1cccc(OC(OC)C(=O)O)c1. The van der Waals surface area contributed by atoms with Crippen LogP contribution in [0.15, 0.2) is 24.3 Å². The van der Waals surface area contributed by atoms with E-state index in [4.69, 9.17) is 14.6 Å². The lowest BCUT2D eigenvalue weighted by molar-refractivity contribution is -0.166. The number of hydrogen-bond acceptors (Lipinski definition) is 4. The van der Waals surface area contributed by atoms with Crippen molar-refractivity contribution in [2.45, 2.75) is 6.29 Å². The summed E-state index contributed by atoms with van der Waals surface area (Å²) in [7, 11) is 2.78. The third-order valence-electron chi connectivity index (χ3n) is 1.70. The maximum absolute atomic E-state index is 10.6. The molecule has 5 heteroatoms. The first-order valence-corrected chi connectivity index (χ1v) is 4.23. The van der Waals surface area contributed by atoms with Crippen LogP contribution in [0.5, 0.6) is 11.5 Å². The van der Waals surface area contributed by atoms with Crippen molar-refractivity contribution in [1.29, 1.82) is 0 Å². The molecule has 0 bridgehead atoms. The first kappa shape index (κ1) is 11.3. The van der Waals surface area contributed by atoms with Crippen LogP contribution in [-0.4, -0.2) is 31.6 Å². The standard InChI is InChI=1S/C10H12O5/c1-13-7-4-3-5-8(6-7)15-10(14-2)9(11)12/h3-6,10H,1-2H3,(H,11,12). The predicted octanol–water partition coefficient (Wildman–Crippen LogP) is 1.13.